The number of benzene rings is 13. The molecule has 2 aliphatic rings. The van der Waals surface area contributed by atoms with Gasteiger partial charge in [0.15, 0.2) is 0 Å². The van der Waals surface area contributed by atoms with Crippen LogP contribution in [-0.4, -0.2) is 6.71 Å². The number of nitrogens with zero attached hydrogens (tertiary/aromatic N) is 2. The molecule has 0 radical (unpaired) electrons. The molecule has 0 amide bonds. The second kappa shape index (κ2) is 23.9. The summed E-state index contributed by atoms with van der Waals surface area (Å²) in [4.78, 5) is 5.40. The average Bonchev–Trinajstić information content (AvgIpc) is 1.23. The second-order valence-corrected chi connectivity index (χ2v) is 34.1. The van der Waals surface area contributed by atoms with Gasteiger partial charge in [-0.05, 0) is 164 Å². The molecule has 2 aromatic heterocycles. The highest BCUT2D eigenvalue weighted by Crippen LogP contribution is 2.55. The van der Waals surface area contributed by atoms with Crippen LogP contribution in [0.1, 0.15) is 132 Å². The van der Waals surface area contributed by atoms with E-state index in [1.807, 2.05) is 0 Å². The van der Waals surface area contributed by atoms with E-state index < -0.39 is 0 Å². The van der Waals surface area contributed by atoms with Crippen LogP contribution in [0.4, 0.5) is 34.1 Å². The van der Waals surface area contributed by atoms with Crippen molar-refractivity contribution in [2.24, 2.45) is 0 Å². The summed E-state index contributed by atoms with van der Waals surface area (Å²) in [7, 11) is 0. The van der Waals surface area contributed by atoms with Crippen LogP contribution in [0.15, 0.2) is 276 Å². The van der Waals surface area contributed by atoms with Crippen molar-refractivity contribution in [3.8, 4) is 66.8 Å². The van der Waals surface area contributed by atoms with Crippen molar-refractivity contribution < 1.29 is 8.83 Å². The Morgan fingerprint density at radius 2 is 0.524 bits per heavy atom. The third kappa shape index (κ3) is 11.1. The van der Waals surface area contributed by atoms with Crippen LogP contribution in [0.3, 0.4) is 0 Å². The van der Waals surface area contributed by atoms with Gasteiger partial charge in [0.25, 0.3) is 6.71 Å². The summed E-state index contributed by atoms with van der Waals surface area (Å²) >= 11 is 0. The maximum absolute atomic E-state index is 6.73. The van der Waals surface area contributed by atoms with E-state index in [0.29, 0.717) is 0 Å². The van der Waals surface area contributed by atoms with Gasteiger partial charge in [0.1, 0.15) is 22.3 Å². The number of para-hydroxylation sites is 4. The van der Waals surface area contributed by atoms with Crippen molar-refractivity contribution in [1.29, 1.82) is 0 Å². The summed E-state index contributed by atoms with van der Waals surface area (Å²) in [6, 6.07) is 102. The molecule has 0 N–H and O–H groups in total. The van der Waals surface area contributed by atoms with Crippen LogP contribution in [-0.2, 0) is 27.1 Å². The molecule has 506 valence electrons. The van der Waals surface area contributed by atoms with Gasteiger partial charge in [-0.2, -0.15) is 0 Å². The lowest BCUT2D eigenvalue weighted by Gasteiger charge is -2.46. The van der Waals surface area contributed by atoms with Crippen LogP contribution in [0.25, 0.3) is 111 Å². The molecule has 5 heteroatoms. The van der Waals surface area contributed by atoms with Gasteiger partial charge in [-0.1, -0.05) is 322 Å². The number of fused-ring (bicyclic) bond motifs is 10. The minimum atomic E-state index is -0.313. The Bertz CT molecular complexity index is 5370. The van der Waals surface area contributed by atoms with E-state index in [1.165, 1.54) is 44.2 Å². The van der Waals surface area contributed by atoms with E-state index in [1.54, 1.807) is 0 Å². The van der Waals surface area contributed by atoms with Gasteiger partial charge in [0.2, 0.25) is 0 Å². The van der Waals surface area contributed by atoms with Crippen molar-refractivity contribution in [2.45, 2.75) is 131 Å². The Morgan fingerprint density at radius 1 is 0.243 bits per heavy atom. The van der Waals surface area contributed by atoms with Gasteiger partial charge in [-0.15, -0.1) is 0 Å². The standard InChI is InChI=1S/C98H89BN2O2/c1-94(2,3)66-46-36-60(37-47-66)73-28-20-29-74(61-38-48-67(49-39-61)95(4,5)6)92(73)100-81-54-44-64(71-26-22-34-87-89(71)77-24-16-18-32-85(77)102-87)56-79(81)99-80-57-65(72-27-23-35-88-90(72)78-25-17-19-33-86(78)103-88)45-55-82(80)101(84-59-70(98(13,14)15)58-83(100)91(84)99)93-75(62-40-50-68(51-41-62)96(7,8)9)30-21-31-76(93)63-42-52-69(53-43-63)97(10,11)12/h16-59H,1-15H3. The van der Waals surface area contributed by atoms with Crippen LogP contribution in [0, 0.1) is 0 Å². The molecule has 0 saturated carbocycles. The maximum atomic E-state index is 6.73. The Labute approximate surface area is 608 Å². The molecule has 0 aliphatic carbocycles. The van der Waals surface area contributed by atoms with Gasteiger partial charge >= 0.3 is 0 Å². The van der Waals surface area contributed by atoms with Gasteiger partial charge in [-0.25, -0.2) is 0 Å². The Morgan fingerprint density at radius 3 is 0.845 bits per heavy atom. The molecule has 0 bridgehead atoms. The molecule has 13 aromatic carbocycles. The monoisotopic (exact) mass is 1340 g/mol. The van der Waals surface area contributed by atoms with Gasteiger partial charge in [-0.3, -0.25) is 0 Å². The molecule has 4 nitrogen and oxygen atoms in total. The van der Waals surface area contributed by atoms with Gasteiger partial charge < -0.3 is 18.6 Å². The lowest BCUT2D eigenvalue weighted by atomic mass is 9.33. The molecular formula is C98H89BN2O2. The van der Waals surface area contributed by atoms with Crippen molar-refractivity contribution in [3.05, 3.63) is 295 Å². The zero-order valence-corrected chi connectivity index (χ0v) is 62.2. The predicted molar refractivity (Wildman–Crippen MR) is 441 cm³/mol. The molecule has 103 heavy (non-hydrogen) atoms. The lowest BCUT2D eigenvalue weighted by Crippen LogP contribution is -2.61. The fourth-order valence-electron chi connectivity index (χ4n) is 16.4. The first kappa shape index (κ1) is 65.4. The maximum Gasteiger partial charge on any atom is 0.252 e. The van der Waals surface area contributed by atoms with Crippen molar-refractivity contribution >= 4 is 101 Å². The summed E-state index contributed by atoms with van der Waals surface area (Å²) in [6.45, 7) is 34.6. The number of anilines is 6. The highest BCUT2D eigenvalue weighted by Gasteiger charge is 2.46. The largest absolute Gasteiger partial charge is 0.456 e. The SMILES string of the molecule is CC(C)(C)c1ccc(-c2cccc(-c3ccc(C(C)(C)C)cc3)c2N2c3ccc(-c4cccc5oc6ccccc6c45)cc3B3c4cc(-c5cccc6oc7ccccc7c56)ccc4N(c4c(-c5ccc(C(C)(C)C)cc5)cccc4-c4ccc(C(C)(C)C)cc4)c4cc(C(C)(C)C)cc2c43)cc1. The number of rotatable bonds is 8. The molecule has 0 fully saturated rings. The Hall–Kier alpha value is -10.9. The second-order valence-electron chi connectivity index (χ2n) is 34.1. The molecule has 15 aromatic rings. The number of furan rings is 2. The van der Waals surface area contributed by atoms with Gasteiger partial charge in [0.05, 0.1) is 11.4 Å². The molecule has 0 spiro atoms. The minimum absolute atomic E-state index is 0.0405. The highest BCUT2D eigenvalue weighted by atomic mass is 16.3. The molecule has 0 saturated heterocycles. The summed E-state index contributed by atoms with van der Waals surface area (Å²) < 4.78 is 13.5. The van der Waals surface area contributed by atoms with E-state index >= 15 is 0 Å². The van der Waals surface area contributed by atoms with Crippen molar-refractivity contribution in [3.63, 3.8) is 0 Å². The minimum Gasteiger partial charge on any atom is -0.456 e. The Balaban J connectivity index is 1.04. The van der Waals surface area contributed by atoms with Crippen LogP contribution in [0.5, 0.6) is 0 Å². The summed E-state index contributed by atoms with van der Waals surface area (Å²) in [6.07, 6.45) is 0. The predicted octanol–water partition coefficient (Wildman–Crippen LogP) is 26.1. The van der Waals surface area contributed by atoms with E-state index in [4.69, 9.17) is 8.83 Å². The molecule has 4 heterocycles. The van der Waals surface area contributed by atoms with E-state index in [9.17, 15) is 0 Å². The van der Waals surface area contributed by atoms with Crippen LogP contribution < -0.4 is 26.2 Å². The molecule has 2 aliphatic heterocycles. The fourth-order valence-corrected chi connectivity index (χ4v) is 16.4. The summed E-state index contributed by atoms with van der Waals surface area (Å²) in [5.74, 6) is 0. The summed E-state index contributed by atoms with van der Waals surface area (Å²) in [5.41, 5.74) is 33.6. The smallest absolute Gasteiger partial charge is 0.252 e. The first-order chi connectivity index (χ1) is 49.2. The van der Waals surface area contributed by atoms with E-state index in [0.717, 1.165) is 145 Å². The summed E-state index contributed by atoms with van der Waals surface area (Å²) in [5, 5.41) is 4.42. The molecular weight excluding hydrogens is 1250 g/mol. The highest BCUT2D eigenvalue weighted by molar-refractivity contribution is 7.00. The molecule has 17 rings (SSSR count). The third-order valence-corrected chi connectivity index (χ3v) is 22.1. The average molecular weight is 1340 g/mol. The van der Waals surface area contributed by atoms with E-state index in [2.05, 4.69) is 381 Å². The van der Waals surface area contributed by atoms with E-state index in [-0.39, 0.29) is 33.8 Å². The first-order valence-electron chi connectivity index (χ1n) is 36.8. The lowest BCUT2D eigenvalue weighted by molar-refractivity contribution is 0.590. The molecule has 0 atom stereocenters. The molecule has 0 unspecified atom stereocenters. The van der Waals surface area contributed by atoms with Crippen LogP contribution >= 0.6 is 0 Å². The fraction of sp³-hybridized carbons (Fsp3) is 0.204. The quantitative estimate of drug-likeness (QED) is 0.142. The normalized spacial score (nSPS) is 13.3. The number of hydrogen-bond acceptors (Lipinski definition) is 4. The topological polar surface area (TPSA) is 32.8 Å². The zero-order valence-electron chi connectivity index (χ0n) is 62.2. The third-order valence-electron chi connectivity index (χ3n) is 22.1. The Kier molecular flexibility index (Phi) is 15.2. The van der Waals surface area contributed by atoms with Crippen molar-refractivity contribution in [2.75, 3.05) is 9.80 Å². The van der Waals surface area contributed by atoms with Crippen molar-refractivity contribution in [1.82, 2.24) is 0 Å². The number of hydrogen-bond donors (Lipinski definition) is 0. The zero-order chi connectivity index (χ0) is 71.4. The first-order valence-corrected chi connectivity index (χ1v) is 36.8. The van der Waals surface area contributed by atoms with Gasteiger partial charge in [0, 0.05) is 66.5 Å². The van der Waals surface area contributed by atoms with Crippen LogP contribution in [0.2, 0.25) is 0 Å².